The fourth-order valence-electron chi connectivity index (χ4n) is 4.97. The van der Waals surface area contributed by atoms with Crippen LogP contribution in [0, 0.1) is 0 Å². The van der Waals surface area contributed by atoms with Gasteiger partial charge in [0.2, 0.25) is 0 Å². The van der Waals surface area contributed by atoms with E-state index >= 15 is 0 Å². The molecule has 0 atom stereocenters. The van der Waals surface area contributed by atoms with Gasteiger partial charge >= 0.3 is 0 Å². The minimum Gasteiger partial charge on any atom is -0.366 e. The van der Waals surface area contributed by atoms with Crippen molar-refractivity contribution in [1.82, 2.24) is 14.7 Å². The molecule has 0 radical (unpaired) electrons. The molecule has 1 saturated carbocycles. The molecule has 3 aliphatic rings. The van der Waals surface area contributed by atoms with Crippen LogP contribution in [0.25, 0.3) is 5.57 Å². The van der Waals surface area contributed by atoms with E-state index in [1.165, 1.54) is 6.42 Å². The Hall–Kier alpha value is -1.85. The average molecular weight is 416 g/mol. The van der Waals surface area contributed by atoms with Gasteiger partial charge in [0.1, 0.15) is 5.70 Å². The molecule has 2 heterocycles. The highest BCUT2D eigenvalue weighted by atomic mass is 35.5. The highest BCUT2D eigenvalue weighted by Crippen LogP contribution is 2.37. The van der Waals surface area contributed by atoms with E-state index in [9.17, 15) is 9.59 Å². The zero-order valence-electron chi connectivity index (χ0n) is 17.4. The Morgan fingerprint density at radius 1 is 0.931 bits per heavy atom. The second-order valence-corrected chi connectivity index (χ2v) is 9.08. The van der Waals surface area contributed by atoms with Crippen LogP contribution in [0.5, 0.6) is 0 Å². The first-order valence-electron chi connectivity index (χ1n) is 10.8. The number of carbonyl (C=O) groups excluding carboxylic acids is 2. The van der Waals surface area contributed by atoms with Crippen LogP contribution in [-0.2, 0) is 9.59 Å². The van der Waals surface area contributed by atoms with Crippen molar-refractivity contribution in [1.29, 1.82) is 0 Å². The zero-order chi connectivity index (χ0) is 20.5. The fourth-order valence-corrected chi connectivity index (χ4v) is 5.10. The molecule has 1 aromatic rings. The number of hydrogen-bond acceptors (Lipinski definition) is 4. The van der Waals surface area contributed by atoms with Crippen LogP contribution in [0.2, 0.25) is 5.02 Å². The molecule has 29 heavy (non-hydrogen) atoms. The van der Waals surface area contributed by atoms with E-state index in [-0.39, 0.29) is 23.9 Å². The Balaban J connectivity index is 1.71. The fraction of sp³-hybridized carbons (Fsp3) is 0.565. The van der Waals surface area contributed by atoms with Gasteiger partial charge in [0.25, 0.3) is 11.8 Å². The summed E-state index contributed by atoms with van der Waals surface area (Å²) < 4.78 is 0. The zero-order valence-corrected chi connectivity index (χ0v) is 18.1. The molecule has 0 unspecified atom stereocenters. The highest BCUT2D eigenvalue weighted by molar-refractivity contribution is 6.36. The predicted molar refractivity (Wildman–Crippen MR) is 115 cm³/mol. The summed E-state index contributed by atoms with van der Waals surface area (Å²) in [6.45, 7) is 2.01. The molecular formula is C23H30ClN3O2. The third-order valence-electron chi connectivity index (χ3n) is 6.75. The van der Waals surface area contributed by atoms with Crippen LogP contribution < -0.4 is 0 Å². The standard InChI is InChI=1S/C23H30ClN3O2/c1-25-14-12-18(13-15-25)26(2)21-20(16-8-10-17(24)11-9-16)22(28)27(23(21)29)19-6-4-3-5-7-19/h8-11,18-19H,3-7,12-15H2,1-2H3. The lowest BCUT2D eigenvalue weighted by molar-refractivity contribution is -0.141. The van der Waals surface area contributed by atoms with Gasteiger partial charge in [-0.1, -0.05) is 43.0 Å². The van der Waals surface area contributed by atoms with Gasteiger partial charge in [0, 0.05) is 24.2 Å². The number of rotatable bonds is 4. The lowest BCUT2D eigenvalue weighted by Crippen LogP contribution is -2.46. The molecule has 4 rings (SSSR count). The normalized spacial score (nSPS) is 22.7. The second kappa shape index (κ2) is 8.49. The third-order valence-corrected chi connectivity index (χ3v) is 7.00. The lowest BCUT2D eigenvalue weighted by Gasteiger charge is -2.37. The summed E-state index contributed by atoms with van der Waals surface area (Å²) in [6.07, 6.45) is 7.17. The van der Waals surface area contributed by atoms with Crippen molar-refractivity contribution < 1.29 is 9.59 Å². The SMILES string of the molecule is CN1CCC(N(C)C2=C(c3ccc(Cl)cc3)C(=O)N(C3CCCCC3)C2=O)CC1. The van der Waals surface area contributed by atoms with Crippen molar-refractivity contribution in [2.24, 2.45) is 0 Å². The average Bonchev–Trinajstić information content (AvgIpc) is 2.99. The molecule has 0 N–H and O–H groups in total. The van der Waals surface area contributed by atoms with E-state index in [1.54, 1.807) is 17.0 Å². The number of nitrogens with zero attached hydrogens (tertiary/aromatic N) is 3. The van der Waals surface area contributed by atoms with Gasteiger partial charge in [-0.3, -0.25) is 14.5 Å². The minimum atomic E-state index is -0.140. The van der Waals surface area contributed by atoms with Crippen LogP contribution in [0.15, 0.2) is 30.0 Å². The first kappa shape index (κ1) is 20.4. The molecule has 0 bridgehead atoms. The molecule has 2 aliphatic heterocycles. The summed E-state index contributed by atoms with van der Waals surface area (Å²) in [6, 6.07) is 7.59. The third kappa shape index (κ3) is 3.95. The van der Waals surface area contributed by atoms with Crippen LogP contribution in [0.4, 0.5) is 0 Å². The molecule has 6 heteroatoms. The summed E-state index contributed by atoms with van der Waals surface area (Å²) in [7, 11) is 4.11. The number of benzene rings is 1. The molecular weight excluding hydrogens is 386 g/mol. The van der Waals surface area contributed by atoms with Gasteiger partial charge in [-0.25, -0.2) is 0 Å². The summed E-state index contributed by atoms with van der Waals surface area (Å²) in [5.74, 6) is -0.257. The summed E-state index contributed by atoms with van der Waals surface area (Å²) in [5, 5.41) is 0.625. The number of hydrogen-bond donors (Lipinski definition) is 0. The molecule has 0 aromatic heterocycles. The van der Waals surface area contributed by atoms with Crippen LogP contribution in [0.1, 0.15) is 50.5 Å². The topological polar surface area (TPSA) is 43.9 Å². The first-order valence-corrected chi connectivity index (χ1v) is 11.1. The number of piperidine rings is 1. The quantitative estimate of drug-likeness (QED) is 0.702. The van der Waals surface area contributed by atoms with Crippen molar-refractivity contribution >= 4 is 29.0 Å². The van der Waals surface area contributed by atoms with Crippen molar-refractivity contribution in [3.05, 3.63) is 40.5 Å². The second-order valence-electron chi connectivity index (χ2n) is 8.65. The van der Waals surface area contributed by atoms with Gasteiger partial charge in [-0.15, -0.1) is 0 Å². The van der Waals surface area contributed by atoms with E-state index < -0.39 is 0 Å². The minimum absolute atomic E-state index is 0.0226. The molecule has 1 saturated heterocycles. The van der Waals surface area contributed by atoms with E-state index in [1.807, 2.05) is 19.2 Å². The van der Waals surface area contributed by atoms with Gasteiger partial charge in [0.05, 0.1) is 5.57 Å². The van der Waals surface area contributed by atoms with Crippen molar-refractivity contribution in [2.75, 3.05) is 27.2 Å². The maximum absolute atomic E-state index is 13.6. The molecule has 5 nitrogen and oxygen atoms in total. The molecule has 2 fully saturated rings. The van der Waals surface area contributed by atoms with Crippen molar-refractivity contribution in [2.45, 2.75) is 57.0 Å². The Morgan fingerprint density at radius 2 is 1.55 bits per heavy atom. The molecule has 2 amide bonds. The highest BCUT2D eigenvalue weighted by Gasteiger charge is 2.45. The maximum Gasteiger partial charge on any atom is 0.278 e. The Morgan fingerprint density at radius 3 is 2.17 bits per heavy atom. The van der Waals surface area contributed by atoms with E-state index in [0.29, 0.717) is 16.3 Å². The van der Waals surface area contributed by atoms with Crippen LogP contribution in [-0.4, -0.2) is 65.8 Å². The number of imide groups is 1. The smallest absolute Gasteiger partial charge is 0.278 e. The summed E-state index contributed by atoms with van der Waals surface area (Å²) in [4.78, 5) is 33.1. The Kier molecular flexibility index (Phi) is 5.98. The largest absolute Gasteiger partial charge is 0.366 e. The Bertz CT molecular complexity index is 806. The molecule has 1 aliphatic carbocycles. The predicted octanol–water partition coefficient (Wildman–Crippen LogP) is 3.78. The number of likely N-dealkylation sites (tertiary alicyclic amines) is 1. The Labute approximate surface area is 178 Å². The van der Waals surface area contributed by atoms with Gasteiger partial charge in [0.15, 0.2) is 0 Å². The molecule has 156 valence electrons. The van der Waals surface area contributed by atoms with Crippen molar-refractivity contribution in [3.63, 3.8) is 0 Å². The number of likely N-dealkylation sites (N-methyl/N-ethyl adjacent to an activating group) is 1. The number of amides is 2. The van der Waals surface area contributed by atoms with Gasteiger partial charge in [-0.2, -0.15) is 0 Å². The lowest BCUT2D eigenvalue weighted by atomic mass is 9.94. The van der Waals surface area contributed by atoms with E-state index in [4.69, 9.17) is 11.6 Å². The van der Waals surface area contributed by atoms with Crippen LogP contribution in [0.3, 0.4) is 0 Å². The monoisotopic (exact) mass is 415 g/mol. The number of carbonyl (C=O) groups is 2. The van der Waals surface area contributed by atoms with Gasteiger partial charge < -0.3 is 9.80 Å². The van der Waals surface area contributed by atoms with Gasteiger partial charge in [-0.05, 0) is 63.5 Å². The molecule has 1 aromatic carbocycles. The van der Waals surface area contributed by atoms with E-state index in [2.05, 4.69) is 16.8 Å². The van der Waals surface area contributed by atoms with E-state index in [0.717, 1.165) is 57.2 Å². The molecule has 0 spiro atoms. The number of halogens is 1. The summed E-state index contributed by atoms with van der Waals surface area (Å²) in [5.41, 5.74) is 1.89. The van der Waals surface area contributed by atoms with Crippen LogP contribution >= 0.6 is 11.6 Å². The summed E-state index contributed by atoms with van der Waals surface area (Å²) >= 11 is 6.07. The first-order chi connectivity index (χ1) is 14.0. The van der Waals surface area contributed by atoms with Crippen molar-refractivity contribution in [3.8, 4) is 0 Å². The maximum atomic E-state index is 13.6.